The third-order valence-electron chi connectivity index (χ3n) is 2.23. The molecule has 80 valence electrons. The average Bonchev–Trinajstić information content (AvgIpc) is 2.87. The van der Waals surface area contributed by atoms with Crippen LogP contribution in [0.4, 0.5) is 5.82 Å². The SMILES string of the molecule is CC(=O)Nc1ncn(C2CC2)c1C(=O)O. The smallest absolute Gasteiger partial charge is 0.356 e. The first kappa shape index (κ1) is 9.70. The lowest BCUT2D eigenvalue weighted by molar-refractivity contribution is -0.114. The molecule has 0 unspecified atom stereocenters. The number of carbonyl (C=O) groups excluding carboxylic acids is 1. The minimum absolute atomic E-state index is 0.0627. The molecule has 2 rings (SSSR count). The lowest BCUT2D eigenvalue weighted by Gasteiger charge is -2.03. The van der Waals surface area contributed by atoms with Crippen molar-refractivity contribution >= 4 is 17.7 Å². The molecule has 0 saturated heterocycles. The zero-order valence-electron chi connectivity index (χ0n) is 8.23. The summed E-state index contributed by atoms with van der Waals surface area (Å²) in [6.45, 7) is 1.32. The number of rotatable bonds is 3. The molecule has 6 nitrogen and oxygen atoms in total. The maximum atomic E-state index is 11.0. The van der Waals surface area contributed by atoms with Crippen LogP contribution < -0.4 is 5.32 Å². The van der Waals surface area contributed by atoms with Crippen molar-refractivity contribution < 1.29 is 14.7 Å². The molecule has 15 heavy (non-hydrogen) atoms. The molecule has 1 saturated carbocycles. The highest BCUT2D eigenvalue weighted by molar-refractivity contribution is 5.97. The molecule has 2 N–H and O–H groups in total. The van der Waals surface area contributed by atoms with Gasteiger partial charge in [-0.15, -0.1) is 0 Å². The topological polar surface area (TPSA) is 84.2 Å². The van der Waals surface area contributed by atoms with E-state index < -0.39 is 5.97 Å². The predicted molar refractivity (Wildman–Crippen MR) is 51.8 cm³/mol. The van der Waals surface area contributed by atoms with E-state index in [4.69, 9.17) is 5.11 Å². The Kier molecular flexibility index (Phi) is 2.18. The Hall–Kier alpha value is -1.85. The number of hydrogen-bond donors (Lipinski definition) is 2. The number of carboxylic acid groups (broad SMARTS) is 1. The Morgan fingerprint density at radius 1 is 1.60 bits per heavy atom. The second-order valence-corrected chi connectivity index (χ2v) is 3.57. The molecule has 1 heterocycles. The van der Waals surface area contributed by atoms with Crippen LogP contribution in [0.2, 0.25) is 0 Å². The molecule has 0 radical (unpaired) electrons. The van der Waals surface area contributed by atoms with Gasteiger partial charge in [0.1, 0.15) is 0 Å². The van der Waals surface area contributed by atoms with Gasteiger partial charge in [0, 0.05) is 13.0 Å². The van der Waals surface area contributed by atoms with E-state index in [0.29, 0.717) is 0 Å². The fraction of sp³-hybridized carbons (Fsp3) is 0.444. The van der Waals surface area contributed by atoms with Crippen molar-refractivity contribution in [1.29, 1.82) is 0 Å². The first-order valence-electron chi connectivity index (χ1n) is 4.67. The molecule has 1 aliphatic carbocycles. The van der Waals surface area contributed by atoms with Crippen molar-refractivity contribution in [2.75, 3.05) is 5.32 Å². The lowest BCUT2D eigenvalue weighted by Crippen LogP contribution is -2.13. The molecule has 0 aromatic carbocycles. The van der Waals surface area contributed by atoms with Crippen LogP contribution in [0.5, 0.6) is 0 Å². The Morgan fingerprint density at radius 2 is 2.27 bits per heavy atom. The molecule has 1 aromatic rings. The summed E-state index contributed by atoms with van der Waals surface area (Å²) < 4.78 is 1.60. The van der Waals surface area contributed by atoms with E-state index in [0.717, 1.165) is 12.8 Å². The first-order chi connectivity index (χ1) is 7.09. The third-order valence-corrected chi connectivity index (χ3v) is 2.23. The molecule has 0 atom stereocenters. The molecule has 6 heteroatoms. The van der Waals surface area contributed by atoms with Crippen LogP contribution in [-0.2, 0) is 4.79 Å². The van der Waals surface area contributed by atoms with E-state index in [-0.39, 0.29) is 23.5 Å². The van der Waals surface area contributed by atoms with Gasteiger partial charge in [0.05, 0.1) is 6.33 Å². The van der Waals surface area contributed by atoms with Gasteiger partial charge < -0.3 is 15.0 Å². The fourth-order valence-electron chi connectivity index (χ4n) is 1.46. The Bertz CT molecular complexity index is 420. The summed E-state index contributed by atoms with van der Waals surface area (Å²) in [6.07, 6.45) is 3.40. The first-order valence-corrected chi connectivity index (χ1v) is 4.67. The van der Waals surface area contributed by atoms with Gasteiger partial charge in [-0.25, -0.2) is 9.78 Å². The van der Waals surface area contributed by atoms with Gasteiger partial charge in [0.15, 0.2) is 11.5 Å². The summed E-state index contributed by atoms with van der Waals surface area (Å²) in [5.41, 5.74) is 0.0627. The zero-order chi connectivity index (χ0) is 11.0. The largest absolute Gasteiger partial charge is 0.476 e. The lowest BCUT2D eigenvalue weighted by atomic mass is 10.4. The Labute approximate surface area is 85.9 Å². The van der Waals surface area contributed by atoms with Gasteiger partial charge in [0.2, 0.25) is 5.91 Å². The fourth-order valence-corrected chi connectivity index (χ4v) is 1.46. The monoisotopic (exact) mass is 209 g/mol. The summed E-state index contributed by atoms with van der Waals surface area (Å²) in [7, 11) is 0. The third kappa shape index (κ3) is 1.83. The second kappa shape index (κ2) is 3.38. The van der Waals surface area contributed by atoms with Crippen molar-refractivity contribution in [2.24, 2.45) is 0 Å². The van der Waals surface area contributed by atoms with Gasteiger partial charge in [-0.3, -0.25) is 4.79 Å². The van der Waals surface area contributed by atoms with Gasteiger partial charge in [-0.2, -0.15) is 0 Å². The van der Waals surface area contributed by atoms with Gasteiger partial charge >= 0.3 is 5.97 Å². The maximum Gasteiger partial charge on any atom is 0.356 e. The summed E-state index contributed by atoms with van der Waals surface area (Å²) in [5.74, 6) is -1.26. The number of imidazole rings is 1. The maximum absolute atomic E-state index is 11.0. The molecular formula is C9H11N3O3. The van der Waals surface area contributed by atoms with E-state index in [1.807, 2.05) is 0 Å². The molecule has 1 aromatic heterocycles. The van der Waals surface area contributed by atoms with Crippen molar-refractivity contribution in [3.05, 3.63) is 12.0 Å². The number of nitrogens with one attached hydrogen (secondary N) is 1. The van der Waals surface area contributed by atoms with Crippen LogP contribution in [0.15, 0.2) is 6.33 Å². The predicted octanol–water partition coefficient (Wildman–Crippen LogP) is 0.875. The van der Waals surface area contributed by atoms with Crippen molar-refractivity contribution in [2.45, 2.75) is 25.8 Å². The van der Waals surface area contributed by atoms with Gasteiger partial charge in [-0.1, -0.05) is 0 Å². The molecule has 0 aliphatic heterocycles. The Balaban J connectivity index is 2.37. The van der Waals surface area contributed by atoms with Crippen molar-refractivity contribution in [1.82, 2.24) is 9.55 Å². The molecule has 1 aliphatic rings. The van der Waals surface area contributed by atoms with E-state index in [2.05, 4.69) is 10.3 Å². The number of carbonyl (C=O) groups is 2. The molecule has 0 spiro atoms. The average molecular weight is 209 g/mol. The molecular weight excluding hydrogens is 198 g/mol. The van der Waals surface area contributed by atoms with Crippen LogP contribution in [-0.4, -0.2) is 26.5 Å². The van der Waals surface area contributed by atoms with E-state index in [9.17, 15) is 9.59 Å². The number of anilines is 1. The molecule has 0 bridgehead atoms. The molecule has 1 amide bonds. The van der Waals surface area contributed by atoms with Crippen LogP contribution >= 0.6 is 0 Å². The highest BCUT2D eigenvalue weighted by Crippen LogP contribution is 2.37. The van der Waals surface area contributed by atoms with Crippen LogP contribution in [0, 0.1) is 0 Å². The van der Waals surface area contributed by atoms with Gasteiger partial charge in [0.25, 0.3) is 0 Å². The number of aromatic nitrogens is 2. The quantitative estimate of drug-likeness (QED) is 0.773. The highest BCUT2D eigenvalue weighted by atomic mass is 16.4. The minimum atomic E-state index is -1.07. The van der Waals surface area contributed by atoms with Crippen LogP contribution in [0.3, 0.4) is 0 Å². The van der Waals surface area contributed by atoms with E-state index in [1.165, 1.54) is 13.3 Å². The second-order valence-electron chi connectivity index (χ2n) is 3.57. The van der Waals surface area contributed by atoms with E-state index in [1.54, 1.807) is 4.57 Å². The highest BCUT2D eigenvalue weighted by Gasteiger charge is 2.30. The molecule has 1 fully saturated rings. The number of nitrogens with zero attached hydrogens (tertiary/aromatic N) is 2. The van der Waals surface area contributed by atoms with E-state index >= 15 is 0 Å². The standard InChI is InChI=1S/C9H11N3O3/c1-5(13)11-8-7(9(14)15)12(4-10-8)6-2-3-6/h4,6H,2-3H2,1H3,(H,11,13)(H,14,15). The summed E-state index contributed by atoms with van der Waals surface area (Å²) in [4.78, 5) is 25.7. The number of amides is 1. The minimum Gasteiger partial charge on any atom is -0.476 e. The Morgan fingerprint density at radius 3 is 2.73 bits per heavy atom. The zero-order valence-corrected chi connectivity index (χ0v) is 8.23. The number of aromatic carboxylic acids is 1. The number of carboxylic acids is 1. The summed E-state index contributed by atoms with van der Waals surface area (Å²) in [6, 6.07) is 0.228. The van der Waals surface area contributed by atoms with Crippen LogP contribution in [0.1, 0.15) is 36.3 Å². The van der Waals surface area contributed by atoms with Crippen molar-refractivity contribution in [3.63, 3.8) is 0 Å². The van der Waals surface area contributed by atoms with Gasteiger partial charge in [-0.05, 0) is 12.8 Å². The summed E-state index contributed by atoms with van der Waals surface area (Å²) >= 11 is 0. The van der Waals surface area contributed by atoms with Crippen LogP contribution in [0.25, 0.3) is 0 Å². The number of hydrogen-bond acceptors (Lipinski definition) is 3. The normalized spacial score (nSPS) is 15.0. The van der Waals surface area contributed by atoms with Crippen molar-refractivity contribution in [3.8, 4) is 0 Å². The summed E-state index contributed by atoms with van der Waals surface area (Å²) in [5, 5.41) is 11.4.